The second-order valence-corrected chi connectivity index (χ2v) is 8.23. The third-order valence-electron chi connectivity index (χ3n) is 6.06. The maximum Gasteiger partial charge on any atom is 0.262 e. The summed E-state index contributed by atoms with van der Waals surface area (Å²) >= 11 is 0. The van der Waals surface area contributed by atoms with Gasteiger partial charge in [-0.3, -0.25) is 9.63 Å². The quantitative estimate of drug-likeness (QED) is 0.312. The summed E-state index contributed by atoms with van der Waals surface area (Å²) in [6.45, 7) is 0.265. The van der Waals surface area contributed by atoms with E-state index in [1.807, 2.05) is 72.8 Å². The van der Waals surface area contributed by atoms with Crippen molar-refractivity contribution in [1.82, 2.24) is 4.57 Å². The molecule has 0 amide bonds. The van der Waals surface area contributed by atoms with E-state index >= 15 is 0 Å². The first-order chi connectivity index (χ1) is 17.1. The Balaban J connectivity index is 1.56. The number of nitrogens with zero attached hydrogens (tertiary/aromatic N) is 1. The standard InChI is InChI=1S/C29H24N2O4/c1-31-26-17-20(24-10-6-5-7-21(24)18-34-30)13-16-25(26)28(32)27(29(31)33)19-11-14-23(15-12-19)35-22-8-3-2-4-9-22/h2-17,32H,18,30H2,1H3. The van der Waals surface area contributed by atoms with Crippen LogP contribution in [0.2, 0.25) is 0 Å². The molecule has 0 aliphatic heterocycles. The molecule has 0 saturated carbocycles. The van der Waals surface area contributed by atoms with E-state index in [2.05, 4.69) is 0 Å². The Labute approximate surface area is 202 Å². The first kappa shape index (κ1) is 22.4. The van der Waals surface area contributed by atoms with Crippen LogP contribution in [0.1, 0.15) is 5.56 Å². The zero-order chi connectivity index (χ0) is 24.4. The molecule has 6 heteroatoms. The van der Waals surface area contributed by atoms with Crippen LogP contribution < -0.4 is 16.2 Å². The lowest BCUT2D eigenvalue weighted by molar-refractivity contribution is 0.124. The van der Waals surface area contributed by atoms with Crippen LogP contribution in [0.5, 0.6) is 17.2 Å². The van der Waals surface area contributed by atoms with Gasteiger partial charge in [-0.2, -0.15) is 0 Å². The van der Waals surface area contributed by atoms with E-state index in [1.54, 1.807) is 35.9 Å². The Kier molecular flexibility index (Phi) is 6.06. The molecular weight excluding hydrogens is 440 g/mol. The van der Waals surface area contributed by atoms with Gasteiger partial charge < -0.3 is 14.4 Å². The third-order valence-corrected chi connectivity index (χ3v) is 6.06. The molecule has 4 aromatic carbocycles. The number of aromatic hydroxyl groups is 1. The molecule has 0 saturated heterocycles. The topological polar surface area (TPSA) is 86.7 Å². The zero-order valence-corrected chi connectivity index (χ0v) is 19.1. The second-order valence-electron chi connectivity index (χ2n) is 8.23. The highest BCUT2D eigenvalue weighted by molar-refractivity contribution is 5.94. The summed E-state index contributed by atoms with van der Waals surface area (Å²) in [4.78, 5) is 18.2. The molecule has 0 bridgehead atoms. The molecule has 0 spiro atoms. The number of aryl methyl sites for hydroxylation is 1. The maximum absolute atomic E-state index is 13.3. The smallest absolute Gasteiger partial charge is 0.262 e. The molecule has 5 rings (SSSR count). The number of aromatic nitrogens is 1. The van der Waals surface area contributed by atoms with Crippen LogP contribution in [0.15, 0.2) is 102 Å². The minimum atomic E-state index is -0.289. The lowest BCUT2D eigenvalue weighted by Gasteiger charge is -2.15. The van der Waals surface area contributed by atoms with E-state index in [1.165, 1.54) is 0 Å². The Morgan fingerprint density at radius 3 is 2.23 bits per heavy atom. The summed E-state index contributed by atoms with van der Waals surface area (Å²) in [6, 6.07) is 30.0. The van der Waals surface area contributed by atoms with E-state index in [-0.39, 0.29) is 23.5 Å². The average molecular weight is 465 g/mol. The maximum atomic E-state index is 13.3. The molecule has 5 aromatic rings. The predicted octanol–water partition coefficient (Wildman–Crippen LogP) is 5.76. The SMILES string of the molecule is Cn1c(=O)c(-c2ccc(Oc3ccccc3)cc2)c(O)c2ccc(-c3ccccc3CON)cc21. The van der Waals surface area contributed by atoms with Gasteiger partial charge in [-0.15, -0.1) is 0 Å². The minimum absolute atomic E-state index is 0.0510. The van der Waals surface area contributed by atoms with Crippen LogP contribution in [0.4, 0.5) is 0 Å². The van der Waals surface area contributed by atoms with Crippen LogP contribution in [0.25, 0.3) is 33.2 Å². The highest BCUT2D eigenvalue weighted by Crippen LogP contribution is 2.36. The van der Waals surface area contributed by atoms with Crippen molar-refractivity contribution in [3.05, 3.63) is 113 Å². The van der Waals surface area contributed by atoms with Crippen molar-refractivity contribution in [2.45, 2.75) is 6.61 Å². The molecule has 6 nitrogen and oxygen atoms in total. The number of benzene rings is 4. The van der Waals surface area contributed by atoms with Gasteiger partial charge in [0.2, 0.25) is 0 Å². The van der Waals surface area contributed by atoms with Gasteiger partial charge >= 0.3 is 0 Å². The first-order valence-electron chi connectivity index (χ1n) is 11.2. The van der Waals surface area contributed by atoms with Gasteiger partial charge in [0.05, 0.1) is 17.7 Å². The second kappa shape index (κ2) is 9.46. The summed E-state index contributed by atoms with van der Waals surface area (Å²) in [5.41, 5.74) is 3.97. The molecule has 3 N–H and O–H groups in total. The van der Waals surface area contributed by atoms with Crippen molar-refractivity contribution in [2.75, 3.05) is 0 Å². The fourth-order valence-corrected chi connectivity index (χ4v) is 4.28. The lowest BCUT2D eigenvalue weighted by atomic mass is 9.97. The summed E-state index contributed by atoms with van der Waals surface area (Å²) in [6.07, 6.45) is 0. The molecule has 174 valence electrons. The van der Waals surface area contributed by atoms with Crippen LogP contribution in [0.3, 0.4) is 0 Å². The highest BCUT2D eigenvalue weighted by atomic mass is 16.6. The zero-order valence-electron chi connectivity index (χ0n) is 19.1. The number of hydrogen-bond acceptors (Lipinski definition) is 5. The molecular formula is C29H24N2O4. The van der Waals surface area contributed by atoms with Gasteiger partial charge in [0.25, 0.3) is 5.56 Å². The molecule has 0 unspecified atom stereocenters. The summed E-state index contributed by atoms with van der Waals surface area (Å²) < 4.78 is 7.40. The molecule has 0 radical (unpaired) electrons. The van der Waals surface area contributed by atoms with Crippen LogP contribution in [-0.4, -0.2) is 9.67 Å². The molecule has 0 aliphatic carbocycles. The van der Waals surface area contributed by atoms with Crippen molar-refractivity contribution >= 4 is 10.9 Å². The number of nitrogens with two attached hydrogens (primary N) is 1. The number of para-hydroxylation sites is 1. The van der Waals surface area contributed by atoms with Gasteiger partial charge in [0, 0.05) is 12.4 Å². The van der Waals surface area contributed by atoms with Gasteiger partial charge in [-0.05, 0) is 58.7 Å². The van der Waals surface area contributed by atoms with E-state index < -0.39 is 0 Å². The number of rotatable bonds is 6. The van der Waals surface area contributed by atoms with Crippen LogP contribution in [0, 0.1) is 0 Å². The Hall–Kier alpha value is -4.39. The largest absolute Gasteiger partial charge is 0.506 e. The molecule has 1 aromatic heterocycles. The molecule has 1 heterocycles. The molecule has 0 aliphatic rings. The highest BCUT2D eigenvalue weighted by Gasteiger charge is 2.18. The van der Waals surface area contributed by atoms with Gasteiger partial charge in [-0.25, -0.2) is 5.90 Å². The van der Waals surface area contributed by atoms with E-state index in [4.69, 9.17) is 15.5 Å². The number of hydrogen-bond donors (Lipinski definition) is 2. The van der Waals surface area contributed by atoms with E-state index in [0.29, 0.717) is 22.2 Å². The third kappa shape index (κ3) is 4.28. The Morgan fingerprint density at radius 1 is 0.829 bits per heavy atom. The van der Waals surface area contributed by atoms with Crippen molar-refractivity contribution in [3.63, 3.8) is 0 Å². The van der Waals surface area contributed by atoms with Crippen LogP contribution >= 0.6 is 0 Å². The number of ether oxygens (including phenoxy) is 1. The predicted molar refractivity (Wildman–Crippen MR) is 137 cm³/mol. The molecule has 0 atom stereocenters. The fourth-order valence-electron chi connectivity index (χ4n) is 4.28. The van der Waals surface area contributed by atoms with Crippen molar-refractivity contribution in [1.29, 1.82) is 0 Å². The number of pyridine rings is 1. The Morgan fingerprint density at radius 2 is 1.49 bits per heavy atom. The summed E-state index contributed by atoms with van der Waals surface area (Å²) in [5.74, 6) is 6.61. The van der Waals surface area contributed by atoms with Gasteiger partial charge in [0.1, 0.15) is 17.2 Å². The van der Waals surface area contributed by atoms with Crippen molar-refractivity contribution in [2.24, 2.45) is 12.9 Å². The molecule has 0 fully saturated rings. The minimum Gasteiger partial charge on any atom is -0.506 e. The Bertz CT molecular complexity index is 1560. The van der Waals surface area contributed by atoms with E-state index in [0.717, 1.165) is 22.4 Å². The van der Waals surface area contributed by atoms with Crippen molar-refractivity contribution in [3.8, 4) is 39.5 Å². The first-order valence-corrected chi connectivity index (χ1v) is 11.2. The molecule has 35 heavy (non-hydrogen) atoms. The lowest BCUT2D eigenvalue weighted by Crippen LogP contribution is -2.19. The fraction of sp³-hybridized carbons (Fsp3) is 0.0690. The summed E-state index contributed by atoms with van der Waals surface area (Å²) in [5, 5.41) is 11.7. The summed E-state index contributed by atoms with van der Waals surface area (Å²) in [7, 11) is 1.71. The number of fused-ring (bicyclic) bond motifs is 1. The van der Waals surface area contributed by atoms with Gasteiger partial charge in [0.15, 0.2) is 0 Å². The average Bonchev–Trinajstić information content (AvgIpc) is 2.89. The normalized spacial score (nSPS) is 11.0. The van der Waals surface area contributed by atoms with E-state index in [9.17, 15) is 9.90 Å². The van der Waals surface area contributed by atoms with Crippen LogP contribution in [-0.2, 0) is 18.5 Å². The van der Waals surface area contributed by atoms with Crippen molar-refractivity contribution < 1.29 is 14.7 Å². The monoisotopic (exact) mass is 464 g/mol. The van der Waals surface area contributed by atoms with Gasteiger partial charge in [-0.1, -0.05) is 60.7 Å².